The number of methoxy groups -OCH3 is 1. The van der Waals surface area contributed by atoms with E-state index in [1.165, 1.54) is 37.1 Å². The Morgan fingerprint density at radius 2 is 2.15 bits per heavy atom. The minimum Gasteiger partial charge on any atom is -0.497 e. The summed E-state index contributed by atoms with van der Waals surface area (Å²) in [6.07, 6.45) is 4.91. The molecule has 140 valence electrons. The molecule has 6 heteroatoms. The molecule has 0 aliphatic carbocycles. The van der Waals surface area contributed by atoms with E-state index in [1.54, 1.807) is 7.11 Å². The first kappa shape index (κ1) is 18.9. The van der Waals surface area contributed by atoms with Crippen molar-refractivity contribution >= 4 is 17.2 Å². The van der Waals surface area contributed by atoms with Gasteiger partial charge in [0.1, 0.15) is 16.5 Å². The Morgan fingerprint density at radius 1 is 1.35 bits per heavy atom. The van der Waals surface area contributed by atoms with Crippen LogP contribution < -0.4 is 10.1 Å². The van der Waals surface area contributed by atoms with Crippen LogP contribution in [0.5, 0.6) is 5.75 Å². The number of nitrogens with one attached hydrogen (secondary N) is 1. The molecule has 1 fully saturated rings. The first-order valence-corrected chi connectivity index (χ1v) is 10.2. The summed E-state index contributed by atoms with van der Waals surface area (Å²) in [5.41, 5.74) is 1.49. The number of hydrogen-bond acceptors (Lipinski definition) is 5. The molecule has 1 saturated heterocycles. The number of benzene rings is 1. The van der Waals surface area contributed by atoms with E-state index in [-0.39, 0.29) is 5.91 Å². The van der Waals surface area contributed by atoms with Crippen molar-refractivity contribution in [3.05, 3.63) is 35.3 Å². The summed E-state index contributed by atoms with van der Waals surface area (Å²) in [7, 11) is 1.65. The number of hydrogen-bond donors (Lipinski definition) is 1. The van der Waals surface area contributed by atoms with Gasteiger partial charge in [-0.3, -0.25) is 4.79 Å². The summed E-state index contributed by atoms with van der Waals surface area (Å²) in [5.74, 6) is 0.721. The van der Waals surface area contributed by atoms with Crippen molar-refractivity contribution in [2.24, 2.45) is 0 Å². The number of ether oxygens (including phenoxy) is 1. The molecule has 1 aliphatic rings. The smallest absolute Gasteiger partial charge is 0.270 e. The second-order valence-corrected chi connectivity index (χ2v) is 7.61. The lowest BCUT2D eigenvalue weighted by molar-refractivity contribution is 0.0944. The maximum atomic E-state index is 12.3. The topological polar surface area (TPSA) is 54.5 Å². The average molecular weight is 374 g/mol. The highest BCUT2D eigenvalue weighted by atomic mass is 32.1. The van der Waals surface area contributed by atoms with Crippen LogP contribution in [0.4, 0.5) is 0 Å². The first-order chi connectivity index (χ1) is 12.7. The Balaban J connectivity index is 1.47. The largest absolute Gasteiger partial charge is 0.497 e. The molecule has 2 aromatic rings. The van der Waals surface area contributed by atoms with Crippen molar-refractivity contribution in [2.45, 2.75) is 38.6 Å². The van der Waals surface area contributed by atoms with Gasteiger partial charge in [-0.2, -0.15) is 0 Å². The van der Waals surface area contributed by atoms with E-state index in [2.05, 4.69) is 22.1 Å². The van der Waals surface area contributed by atoms with Crippen molar-refractivity contribution in [1.29, 1.82) is 0 Å². The van der Waals surface area contributed by atoms with E-state index in [1.807, 2.05) is 29.6 Å². The van der Waals surface area contributed by atoms with Gasteiger partial charge in [0.25, 0.3) is 5.91 Å². The number of rotatable bonds is 7. The molecular formula is C20H27N3O2S. The highest BCUT2D eigenvalue weighted by Gasteiger charge is 2.17. The van der Waals surface area contributed by atoms with Gasteiger partial charge in [-0.25, -0.2) is 4.98 Å². The number of carbonyl (C=O) groups is 1. The molecule has 1 amide bonds. The van der Waals surface area contributed by atoms with E-state index >= 15 is 0 Å². The number of thiazole rings is 1. The molecule has 1 N–H and O–H groups in total. The van der Waals surface area contributed by atoms with Crippen LogP contribution >= 0.6 is 11.3 Å². The fourth-order valence-corrected chi connectivity index (χ4v) is 4.11. The van der Waals surface area contributed by atoms with E-state index in [9.17, 15) is 4.79 Å². The van der Waals surface area contributed by atoms with Crippen LogP contribution in [0.15, 0.2) is 29.6 Å². The molecule has 0 radical (unpaired) electrons. The first-order valence-electron chi connectivity index (χ1n) is 9.29. The number of amides is 1. The van der Waals surface area contributed by atoms with Crippen molar-refractivity contribution in [3.63, 3.8) is 0 Å². The second-order valence-electron chi connectivity index (χ2n) is 6.76. The molecule has 2 heterocycles. The molecule has 0 saturated carbocycles. The van der Waals surface area contributed by atoms with Gasteiger partial charge >= 0.3 is 0 Å². The van der Waals surface area contributed by atoms with Crippen molar-refractivity contribution in [3.8, 4) is 16.3 Å². The quantitative estimate of drug-likeness (QED) is 0.750. The molecule has 0 bridgehead atoms. The summed E-state index contributed by atoms with van der Waals surface area (Å²) in [6, 6.07) is 8.39. The Morgan fingerprint density at radius 3 is 2.88 bits per heavy atom. The predicted octanol–water partition coefficient (Wildman–Crippen LogP) is 3.81. The van der Waals surface area contributed by atoms with E-state index in [0.717, 1.165) is 29.3 Å². The zero-order valence-electron chi connectivity index (χ0n) is 15.5. The molecule has 1 unspecified atom stereocenters. The highest BCUT2D eigenvalue weighted by molar-refractivity contribution is 7.13. The lowest BCUT2D eigenvalue weighted by atomic mass is 10.0. The maximum absolute atomic E-state index is 12.3. The van der Waals surface area contributed by atoms with Gasteiger partial charge < -0.3 is 15.0 Å². The minimum absolute atomic E-state index is 0.0901. The summed E-state index contributed by atoms with van der Waals surface area (Å²) in [4.78, 5) is 19.3. The zero-order chi connectivity index (χ0) is 18.4. The number of nitrogens with zero attached hydrogens (tertiary/aromatic N) is 2. The third-order valence-electron chi connectivity index (χ3n) is 4.92. The van der Waals surface area contributed by atoms with E-state index in [0.29, 0.717) is 18.3 Å². The summed E-state index contributed by atoms with van der Waals surface area (Å²) >= 11 is 1.49. The van der Waals surface area contributed by atoms with Gasteiger partial charge in [-0.15, -0.1) is 11.3 Å². The molecule has 1 atom stereocenters. The Hall–Kier alpha value is -1.92. The average Bonchev–Trinajstić information content (AvgIpc) is 3.17. The predicted molar refractivity (Wildman–Crippen MR) is 106 cm³/mol. The van der Waals surface area contributed by atoms with Crippen LogP contribution in [0, 0.1) is 0 Å². The Bertz CT molecular complexity index is 714. The zero-order valence-corrected chi connectivity index (χ0v) is 16.3. The molecule has 5 nitrogen and oxygen atoms in total. The molecule has 0 spiro atoms. The van der Waals surface area contributed by atoms with E-state index in [4.69, 9.17) is 4.74 Å². The monoisotopic (exact) mass is 373 g/mol. The molecule has 1 aromatic heterocycles. The molecule has 26 heavy (non-hydrogen) atoms. The molecule has 1 aromatic carbocycles. The van der Waals surface area contributed by atoms with Crippen LogP contribution in [0.25, 0.3) is 10.6 Å². The normalized spacial score (nSPS) is 17.8. The standard InChI is InChI=1S/C20H27N3O2S/c1-15-6-3-4-12-23(15)13-5-11-21-19(24)18-14-26-20(22-18)16-7-9-17(25-2)10-8-16/h7-10,14-15H,3-6,11-13H2,1-2H3,(H,21,24). The summed E-state index contributed by atoms with van der Waals surface area (Å²) in [5, 5.41) is 5.66. The minimum atomic E-state index is -0.0901. The SMILES string of the molecule is COc1ccc(-c2nc(C(=O)NCCCN3CCCCC3C)cs2)cc1. The second kappa shape index (κ2) is 9.14. The van der Waals surface area contributed by atoms with Gasteiger partial charge in [0.05, 0.1) is 7.11 Å². The number of piperidine rings is 1. The van der Waals surface area contributed by atoms with Crippen molar-refractivity contribution < 1.29 is 9.53 Å². The molecule has 1 aliphatic heterocycles. The van der Waals surface area contributed by atoms with Crippen LogP contribution in [-0.4, -0.2) is 48.6 Å². The van der Waals surface area contributed by atoms with Gasteiger partial charge in [-0.05, 0) is 57.0 Å². The van der Waals surface area contributed by atoms with Crippen molar-refractivity contribution in [2.75, 3.05) is 26.7 Å². The van der Waals surface area contributed by atoms with Gasteiger partial charge in [-0.1, -0.05) is 6.42 Å². The fourth-order valence-electron chi connectivity index (χ4n) is 3.31. The van der Waals surface area contributed by atoms with E-state index < -0.39 is 0 Å². The summed E-state index contributed by atoms with van der Waals surface area (Å²) < 4.78 is 5.17. The lowest BCUT2D eigenvalue weighted by Crippen LogP contribution is -2.39. The van der Waals surface area contributed by atoms with Crippen LogP contribution in [-0.2, 0) is 0 Å². The van der Waals surface area contributed by atoms with Gasteiger partial charge in [0, 0.05) is 30.1 Å². The molecule has 3 rings (SSSR count). The lowest BCUT2D eigenvalue weighted by Gasteiger charge is -2.33. The number of likely N-dealkylation sites (tertiary alicyclic amines) is 1. The van der Waals surface area contributed by atoms with Crippen LogP contribution in [0.3, 0.4) is 0 Å². The van der Waals surface area contributed by atoms with Gasteiger partial charge in [0.2, 0.25) is 0 Å². The van der Waals surface area contributed by atoms with Crippen molar-refractivity contribution in [1.82, 2.24) is 15.2 Å². The van der Waals surface area contributed by atoms with Crippen LogP contribution in [0.1, 0.15) is 43.1 Å². The number of carbonyl (C=O) groups excluding carboxylic acids is 1. The van der Waals surface area contributed by atoms with Gasteiger partial charge in [0.15, 0.2) is 0 Å². The Kier molecular flexibility index (Phi) is 6.63. The number of aromatic nitrogens is 1. The maximum Gasteiger partial charge on any atom is 0.270 e. The van der Waals surface area contributed by atoms with Crippen LogP contribution in [0.2, 0.25) is 0 Å². The third-order valence-corrected chi connectivity index (χ3v) is 5.81. The third kappa shape index (κ3) is 4.83. The summed E-state index contributed by atoms with van der Waals surface area (Å²) in [6.45, 7) is 5.23. The molecular weight excluding hydrogens is 346 g/mol. The fraction of sp³-hybridized carbons (Fsp3) is 0.500. The highest BCUT2D eigenvalue weighted by Crippen LogP contribution is 2.25. The Labute approximate surface area is 159 Å².